The zero-order valence-electron chi connectivity index (χ0n) is 74.8. The highest BCUT2D eigenvalue weighted by Crippen LogP contribution is 2.45. The first kappa shape index (κ1) is 80.3. The van der Waals surface area contributed by atoms with Crippen LogP contribution in [0, 0.1) is 0 Å². The molecular weight excluding hydrogens is 1680 g/mol. The lowest BCUT2D eigenvalue weighted by atomic mass is 9.98. The van der Waals surface area contributed by atoms with Gasteiger partial charge in [-0.25, -0.2) is 15.0 Å². The monoisotopic (exact) mass is 1760 g/mol. The van der Waals surface area contributed by atoms with E-state index in [-0.39, 0.29) is 0 Å². The molecule has 0 radical (unpaired) electrons. The minimum absolute atomic E-state index is 0.877. The summed E-state index contributed by atoms with van der Waals surface area (Å²) in [6.45, 7) is 0. The number of para-hydroxylation sites is 6. The molecule has 0 unspecified atom stereocenters. The lowest BCUT2D eigenvalue weighted by Crippen LogP contribution is -2.00. The molecule has 646 valence electrons. The fourth-order valence-corrected chi connectivity index (χ4v) is 20.3. The third-order valence-electron chi connectivity index (χ3n) is 27.1. The summed E-state index contributed by atoms with van der Waals surface area (Å²) in [5.41, 5.74) is 34.9. The van der Waals surface area contributed by atoms with Crippen molar-refractivity contribution in [1.29, 1.82) is 0 Å². The summed E-state index contributed by atoms with van der Waals surface area (Å²) >= 11 is 0. The van der Waals surface area contributed by atoms with Crippen molar-refractivity contribution in [1.82, 2.24) is 28.7 Å². The summed E-state index contributed by atoms with van der Waals surface area (Å²) in [7, 11) is 0. The Kier molecular flexibility index (Phi) is 19.7. The van der Waals surface area contributed by atoms with Gasteiger partial charge in [0.05, 0.1) is 44.5 Å². The average molecular weight is 1760 g/mol. The van der Waals surface area contributed by atoms with Gasteiger partial charge in [0, 0.05) is 82.0 Å². The zero-order chi connectivity index (χ0) is 91.1. The smallest absolute Gasteiger partial charge is 0.138 e. The second-order valence-electron chi connectivity index (χ2n) is 35.3. The fourth-order valence-electron chi connectivity index (χ4n) is 20.3. The summed E-state index contributed by atoms with van der Waals surface area (Å²) in [4.78, 5) is 15.5. The van der Waals surface area contributed by atoms with Gasteiger partial charge < -0.3 is 13.3 Å². The summed E-state index contributed by atoms with van der Waals surface area (Å²) in [6.07, 6.45) is 1.90. The summed E-state index contributed by atoms with van der Waals surface area (Å²) in [5, 5.41) is 14.0. The summed E-state index contributed by atoms with van der Waals surface area (Å²) < 4.78 is 25.2. The summed E-state index contributed by atoms with van der Waals surface area (Å²) in [6, 6.07) is 174. The molecule has 0 spiro atoms. The summed E-state index contributed by atoms with van der Waals surface area (Å²) in [5.74, 6) is 2.69. The second-order valence-corrected chi connectivity index (χ2v) is 35.3. The zero-order valence-corrected chi connectivity index (χ0v) is 74.8. The number of nitrogens with zero attached hydrogens (tertiary/aromatic N) is 6. The van der Waals surface area contributed by atoms with Gasteiger partial charge in [-0.05, 0) is 235 Å². The number of rotatable bonds is 13. The number of pyridine rings is 3. The minimum Gasteiger partial charge on any atom is -0.456 e. The first-order valence-electron chi connectivity index (χ1n) is 46.7. The number of furan rings is 3. The molecular formula is C129H82N6O3. The molecule has 0 amide bonds. The molecule has 0 bridgehead atoms. The van der Waals surface area contributed by atoms with Crippen LogP contribution >= 0.6 is 0 Å². The van der Waals surface area contributed by atoms with E-state index in [9.17, 15) is 0 Å². The lowest BCUT2D eigenvalue weighted by Gasteiger charge is -2.14. The molecule has 0 aliphatic heterocycles. The molecule has 0 aliphatic rings. The van der Waals surface area contributed by atoms with Gasteiger partial charge in [-0.1, -0.05) is 346 Å². The molecule has 138 heavy (non-hydrogen) atoms. The maximum Gasteiger partial charge on any atom is 0.138 e. The highest BCUT2D eigenvalue weighted by Gasteiger charge is 2.23. The van der Waals surface area contributed by atoms with E-state index in [2.05, 4.69) is 457 Å². The van der Waals surface area contributed by atoms with Crippen molar-refractivity contribution in [3.63, 3.8) is 0 Å². The predicted octanol–water partition coefficient (Wildman–Crippen LogP) is 34.9. The van der Waals surface area contributed by atoms with Crippen LogP contribution in [0.3, 0.4) is 0 Å². The van der Waals surface area contributed by atoms with E-state index in [1.54, 1.807) is 0 Å². The average Bonchev–Trinajstić information content (AvgIpc) is 1.60. The first-order chi connectivity index (χ1) is 68.4. The van der Waals surface area contributed by atoms with E-state index < -0.39 is 0 Å². The van der Waals surface area contributed by atoms with Crippen LogP contribution in [0.4, 0.5) is 0 Å². The number of aromatic nitrogens is 6. The number of hydrogen-bond acceptors (Lipinski definition) is 6. The van der Waals surface area contributed by atoms with Gasteiger partial charge >= 0.3 is 0 Å². The number of benzene rings is 19. The van der Waals surface area contributed by atoms with Crippen LogP contribution in [0.2, 0.25) is 0 Å². The van der Waals surface area contributed by atoms with E-state index in [0.29, 0.717) is 0 Å². The Morgan fingerprint density at radius 2 is 0.362 bits per heavy atom. The van der Waals surface area contributed by atoms with Crippen molar-refractivity contribution in [2.75, 3.05) is 0 Å². The Labute approximate surface area is 794 Å². The predicted molar refractivity (Wildman–Crippen MR) is 572 cm³/mol. The number of hydrogen-bond donors (Lipinski definition) is 0. The normalized spacial score (nSPS) is 11.6. The second kappa shape index (κ2) is 33.9. The molecule has 9 heteroatoms. The molecule has 28 aromatic rings. The Morgan fingerprint density at radius 3 is 0.725 bits per heavy atom. The van der Waals surface area contributed by atoms with E-state index in [1.165, 1.54) is 88.0 Å². The Bertz CT molecular complexity index is 9410. The van der Waals surface area contributed by atoms with Gasteiger partial charge in [0.2, 0.25) is 0 Å². The van der Waals surface area contributed by atoms with Crippen LogP contribution in [0.1, 0.15) is 0 Å². The van der Waals surface area contributed by atoms with Crippen LogP contribution in [-0.4, -0.2) is 28.7 Å². The molecule has 9 heterocycles. The molecule has 0 saturated heterocycles. The molecule has 0 fully saturated rings. The fraction of sp³-hybridized carbons (Fsp3) is 0. The molecule has 0 N–H and O–H groups in total. The van der Waals surface area contributed by atoms with Gasteiger partial charge in [0.25, 0.3) is 0 Å². The van der Waals surface area contributed by atoms with Gasteiger partial charge in [0.15, 0.2) is 0 Å². The quantitative estimate of drug-likeness (QED) is 0.114. The Morgan fingerprint density at radius 1 is 0.138 bits per heavy atom. The maximum atomic E-state index is 6.15. The molecule has 0 saturated carbocycles. The largest absolute Gasteiger partial charge is 0.456 e. The van der Waals surface area contributed by atoms with Crippen molar-refractivity contribution >= 4 is 131 Å². The number of fused-ring (bicyclic) bond motifs is 18. The van der Waals surface area contributed by atoms with Crippen molar-refractivity contribution < 1.29 is 13.3 Å². The molecule has 0 aliphatic carbocycles. The van der Waals surface area contributed by atoms with Crippen LogP contribution in [0.25, 0.3) is 260 Å². The minimum atomic E-state index is 0.877. The first-order valence-corrected chi connectivity index (χ1v) is 46.7. The molecule has 9 nitrogen and oxygen atoms in total. The van der Waals surface area contributed by atoms with E-state index >= 15 is 0 Å². The van der Waals surface area contributed by atoms with E-state index in [0.717, 1.165) is 172 Å². The molecule has 19 aromatic carbocycles. The van der Waals surface area contributed by atoms with Crippen molar-refractivity contribution in [2.24, 2.45) is 0 Å². The highest BCUT2D eigenvalue weighted by atomic mass is 16.3. The third kappa shape index (κ3) is 14.5. The van der Waals surface area contributed by atoms with Crippen LogP contribution in [-0.2, 0) is 0 Å². The maximum absolute atomic E-state index is 6.15. The van der Waals surface area contributed by atoms with Gasteiger partial charge in [-0.15, -0.1) is 0 Å². The van der Waals surface area contributed by atoms with Gasteiger partial charge in [-0.3, -0.25) is 13.7 Å². The van der Waals surface area contributed by atoms with E-state index in [4.69, 9.17) is 28.2 Å². The van der Waals surface area contributed by atoms with Crippen LogP contribution in [0.5, 0.6) is 0 Å². The standard InChI is InChI=1S/C53H34N2O.C41H26N2O.C35H22N2O/c1-3-11-35(12-4-1)37-19-21-39(22-20-37)43-33-48(40-25-23-38(24-26-40)36-13-5-2-6-14-36)54-53(34-43)55-49-17-9-7-15-44(49)46-31-41(27-29-50(46)55)42-28-30-52-47(32-42)45-16-8-10-18-51(45)56-52;1-3-11-27(12-4-1)31-25-36(28-13-5-2-6-14-28)42-41(26-31)43-37-17-9-7-15-32(37)34-23-29(19-21-38(34)43)30-20-22-40-35(24-30)33-16-8-10-18-39(33)44-40;1-2-8-23(9-3-1)26-18-19-36-35(22-26)37-31-12-6-4-10-27(31)29-20-24(14-16-32(29)37)25-15-17-34-30(21-25)28-11-5-7-13-33(28)38-34/h1-34H;1-26H;1-22H. The van der Waals surface area contributed by atoms with Crippen molar-refractivity contribution in [3.05, 3.63) is 498 Å². The highest BCUT2D eigenvalue weighted by molar-refractivity contribution is 6.15. The van der Waals surface area contributed by atoms with E-state index in [1.807, 2.05) is 54.7 Å². The van der Waals surface area contributed by atoms with Crippen molar-refractivity contribution in [2.45, 2.75) is 0 Å². The SMILES string of the molecule is c1ccc(-c2cc(-c3ccccc3)nc(-n3c4ccccc4c4cc(-c5ccc6oc7ccccc7c6c5)ccc43)c2)cc1.c1ccc(-c2ccc(-c3cc(-c4ccc(-c5ccccc5)cc4)nc(-n4c5ccccc5c5cc(-c6ccc7oc8ccccc8c7c6)ccc54)c3)cc2)cc1.c1ccc(-c2ccnc(-n3c4ccccc4c4cc(-c5ccc6oc7ccccc7c6c5)ccc43)c2)cc1. The van der Waals surface area contributed by atoms with Gasteiger partial charge in [-0.2, -0.15) is 0 Å². The van der Waals surface area contributed by atoms with Gasteiger partial charge in [0.1, 0.15) is 51.0 Å². The molecule has 28 rings (SSSR count). The molecule has 9 aromatic heterocycles. The third-order valence-corrected chi connectivity index (χ3v) is 27.1. The molecule has 0 atom stereocenters. The lowest BCUT2D eigenvalue weighted by molar-refractivity contribution is 0.668. The Hall–Kier alpha value is -18.6. The van der Waals surface area contributed by atoms with Crippen LogP contribution < -0.4 is 0 Å². The van der Waals surface area contributed by atoms with Crippen molar-refractivity contribution in [3.8, 4) is 129 Å². The Balaban J connectivity index is 0.000000109. The van der Waals surface area contributed by atoms with Crippen LogP contribution in [0.15, 0.2) is 511 Å². The topological polar surface area (TPSA) is 92.9 Å².